The van der Waals surface area contributed by atoms with Crippen molar-refractivity contribution in [2.24, 2.45) is 4.36 Å². The number of hydrogen-bond donors (Lipinski definition) is 1. The van der Waals surface area contributed by atoms with E-state index in [1.165, 1.54) is 4.68 Å². The number of aromatic nitrogens is 3. The van der Waals surface area contributed by atoms with Crippen LogP contribution in [0.3, 0.4) is 0 Å². The minimum atomic E-state index is -3.51. The predicted octanol–water partition coefficient (Wildman–Crippen LogP) is 3.92. The van der Waals surface area contributed by atoms with Gasteiger partial charge < -0.3 is 9.84 Å². The van der Waals surface area contributed by atoms with Crippen LogP contribution in [0.15, 0.2) is 49.5 Å². The first-order valence-electron chi connectivity index (χ1n) is 7.85. The van der Waals surface area contributed by atoms with E-state index >= 15 is 0 Å². The fourth-order valence-corrected chi connectivity index (χ4v) is 5.00. The second kappa shape index (κ2) is 8.42. The minimum Gasteiger partial charge on any atom is -0.463 e. The van der Waals surface area contributed by atoms with Crippen LogP contribution in [0, 0.1) is 0 Å². The number of benzene rings is 1. The number of amides is 1. The number of carbonyl (C=O) groups is 1. The number of carboxylic acid groups (broad SMARTS) is 1. The van der Waals surface area contributed by atoms with E-state index in [-0.39, 0.29) is 21.5 Å². The van der Waals surface area contributed by atoms with Crippen molar-refractivity contribution < 1.29 is 18.8 Å². The SMILES string of the molecule is C[Si](C)(C)CCOCn1nc(Br)nc1S(=O)(=NC(=O)O)c1ccccc1. The predicted molar refractivity (Wildman–Crippen MR) is 103 cm³/mol. The Labute approximate surface area is 161 Å². The maximum Gasteiger partial charge on any atom is 0.440 e. The van der Waals surface area contributed by atoms with E-state index in [9.17, 15) is 9.00 Å². The highest BCUT2D eigenvalue weighted by Gasteiger charge is 2.26. The third-order valence-corrected chi connectivity index (χ3v) is 7.50. The molecule has 0 saturated heterocycles. The quantitative estimate of drug-likeness (QED) is 0.495. The molecule has 0 aliphatic rings. The summed E-state index contributed by atoms with van der Waals surface area (Å²) in [6.07, 6.45) is -1.54. The van der Waals surface area contributed by atoms with Gasteiger partial charge in [0.15, 0.2) is 0 Å². The molecule has 1 aromatic carbocycles. The van der Waals surface area contributed by atoms with Crippen molar-refractivity contribution in [3.05, 3.63) is 35.1 Å². The van der Waals surface area contributed by atoms with Crippen LogP contribution in [-0.4, -0.2) is 44.9 Å². The second-order valence-corrected chi connectivity index (χ2v) is 15.1. The van der Waals surface area contributed by atoms with E-state index in [4.69, 9.17) is 9.84 Å². The zero-order valence-electron chi connectivity index (χ0n) is 14.8. The first-order valence-corrected chi connectivity index (χ1v) is 13.9. The van der Waals surface area contributed by atoms with E-state index in [1.54, 1.807) is 30.3 Å². The number of halogens is 1. The van der Waals surface area contributed by atoms with Gasteiger partial charge in [0.2, 0.25) is 9.89 Å². The van der Waals surface area contributed by atoms with Crippen molar-refractivity contribution in [1.29, 1.82) is 0 Å². The van der Waals surface area contributed by atoms with Gasteiger partial charge >= 0.3 is 6.09 Å². The van der Waals surface area contributed by atoms with Crippen LogP contribution in [0.25, 0.3) is 0 Å². The monoisotopic (exact) mass is 460 g/mol. The lowest BCUT2D eigenvalue weighted by atomic mass is 10.4. The third-order valence-electron chi connectivity index (χ3n) is 3.34. The molecule has 1 heterocycles. The Morgan fingerprint density at radius 3 is 2.58 bits per heavy atom. The van der Waals surface area contributed by atoms with Crippen molar-refractivity contribution in [3.8, 4) is 0 Å². The van der Waals surface area contributed by atoms with Crippen molar-refractivity contribution in [1.82, 2.24) is 14.8 Å². The molecule has 1 unspecified atom stereocenters. The van der Waals surface area contributed by atoms with Crippen LogP contribution >= 0.6 is 15.9 Å². The molecule has 0 bridgehead atoms. The summed E-state index contributed by atoms with van der Waals surface area (Å²) in [6, 6.07) is 9.12. The number of ether oxygens (including phenoxy) is 1. The molecule has 0 saturated carbocycles. The molecule has 2 rings (SSSR count). The normalized spacial score (nSPS) is 14.0. The summed E-state index contributed by atoms with van der Waals surface area (Å²) >= 11 is 3.15. The number of hydrogen-bond acceptors (Lipinski definition) is 5. The van der Waals surface area contributed by atoms with Crippen molar-refractivity contribution in [3.63, 3.8) is 0 Å². The highest BCUT2D eigenvalue weighted by molar-refractivity contribution is 9.10. The highest BCUT2D eigenvalue weighted by atomic mass is 79.9. The zero-order chi connectivity index (χ0) is 19.4. The molecule has 2 aromatic rings. The Morgan fingerprint density at radius 1 is 1.35 bits per heavy atom. The topological polar surface area (TPSA) is 107 Å². The fourth-order valence-electron chi connectivity index (χ4n) is 2.03. The molecule has 0 aliphatic heterocycles. The molecular weight excluding hydrogens is 440 g/mol. The van der Waals surface area contributed by atoms with Crippen LogP contribution in [0.5, 0.6) is 0 Å². The van der Waals surface area contributed by atoms with Crippen LogP contribution < -0.4 is 0 Å². The van der Waals surface area contributed by atoms with E-state index in [0.717, 1.165) is 6.04 Å². The summed E-state index contributed by atoms with van der Waals surface area (Å²) in [5, 5.41) is 13.2. The van der Waals surface area contributed by atoms with Gasteiger partial charge in [-0.1, -0.05) is 37.8 Å². The highest BCUT2D eigenvalue weighted by Crippen LogP contribution is 2.24. The van der Waals surface area contributed by atoms with E-state index in [0.29, 0.717) is 6.61 Å². The van der Waals surface area contributed by atoms with Gasteiger partial charge in [0.25, 0.3) is 0 Å². The fraction of sp³-hybridized carbons (Fsp3) is 0.400. The summed E-state index contributed by atoms with van der Waals surface area (Å²) in [6.45, 7) is 7.26. The van der Waals surface area contributed by atoms with E-state index < -0.39 is 23.9 Å². The van der Waals surface area contributed by atoms with Crippen LogP contribution in [-0.2, 0) is 21.2 Å². The average molecular weight is 461 g/mol. The summed E-state index contributed by atoms with van der Waals surface area (Å²) in [5.74, 6) is 0. The lowest BCUT2D eigenvalue weighted by Gasteiger charge is -2.16. The molecule has 1 atom stereocenters. The zero-order valence-corrected chi connectivity index (χ0v) is 18.2. The van der Waals surface area contributed by atoms with Gasteiger partial charge in [-0.15, -0.1) is 9.46 Å². The molecule has 8 nitrogen and oxygen atoms in total. The number of rotatable bonds is 7. The Morgan fingerprint density at radius 2 is 2.00 bits per heavy atom. The first-order chi connectivity index (χ1) is 12.1. The molecule has 1 amide bonds. The van der Waals surface area contributed by atoms with Gasteiger partial charge in [-0.05, 0) is 34.1 Å². The standard InChI is InChI=1S/C15H21BrN4O4SSi/c1-26(2,3)10-9-24-11-20-14(17-13(16)18-20)25(23,19-15(21)22)12-7-5-4-6-8-12/h4-8H,9-11H2,1-3H3,(H,21,22). The minimum absolute atomic E-state index is 0.0113. The lowest BCUT2D eigenvalue weighted by Crippen LogP contribution is -2.22. The van der Waals surface area contributed by atoms with E-state index in [1.807, 2.05) is 0 Å². The third kappa shape index (κ3) is 5.46. The van der Waals surface area contributed by atoms with Gasteiger partial charge in [-0.2, -0.15) is 4.98 Å². The molecule has 1 aromatic heterocycles. The molecule has 0 fully saturated rings. The molecule has 26 heavy (non-hydrogen) atoms. The van der Waals surface area contributed by atoms with Crippen molar-refractivity contribution >= 4 is 39.8 Å². The van der Waals surface area contributed by atoms with Crippen LogP contribution in [0.4, 0.5) is 4.79 Å². The summed E-state index contributed by atoms with van der Waals surface area (Å²) in [4.78, 5) is 15.6. The molecular formula is C15H21BrN4O4SSi. The Bertz CT molecular complexity index is 889. The Hall–Kier alpha value is -1.56. The van der Waals surface area contributed by atoms with Crippen molar-refractivity contribution in [2.45, 2.75) is 42.5 Å². The van der Waals surface area contributed by atoms with Gasteiger partial charge in [0, 0.05) is 14.7 Å². The van der Waals surface area contributed by atoms with Gasteiger partial charge in [-0.3, -0.25) is 0 Å². The van der Waals surface area contributed by atoms with Crippen molar-refractivity contribution in [2.75, 3.05) is 6.61 Å². The molecule has 11 heteroatoms. The van der Waals surface area contributed by atoms with Crippen LogP contribution in [0.1, 0.15) is 0 Å². The Kier molecular flexibility index (Phi) is 6.72. The van der Waals surface area contributed by atoms with Gasteiger partial charge in [-0.25, -0.2) is 13.7 Å². The van der Waals surface area contributed by atoms with Gasteiger partial charge in [0.1, 0.15) is 16.5 Å². The smallest absolute Gasteiger partial charge is 0.440 e. The van der Waals surface area contributed by atoms with Crippen LogP contribution in [0.2, 0.25) is 25.7 Å². The molecule has 142 valence electrons. The maximum absolute atomic E-state index is 13.5. The summed E-state index contributed by atoms with van der Waals surface area (Å²) < 4.78 is 24.0. The molecule has 0 spiro atoms. The van der Waals surface area contributed by atoms with E-state index in [2.05, 4.69) is 50.0 Å². The maximum atomic E-state index is 13.5. The Balaban J connectivity index is 2.39. The first kappa shape index (κ1) is 20.7. The molecule has 1 N–H and O–H groups in total. The van der Waals surface area contributed by atoms with Gasteiger partial charge in [0.05, 0.1) is 4.90 Å². The molecule has 0 radical (unpaired) electrons. The summed E-state index contributed by atoms with van der Waals surface area (Å²) in [7, 11) is -4.75. The average Bonchev–Trinajstić information content (AvgIpc) is 2.92. The number of nitrogens with zero attached hydrogens (tertiary/aromatic N) is 4. The second-order valence-electron chi connectivity index (χ2n) is 6.72. The lowest BCUT2D eigenvalue weighted by molar-refractivity contribution is 0.0714. The summed E-state index contributed by atoms with van der Waals surface area (Å²) in [5.41, 5.74) is 0. The molecule has 0 aliphatic carbocycles. The largest absolute Gasteiger partial charge is 0.463 e.